The van der Waals surface area contributed by atoms with Gasteiger partial charge in [0.2, 0.25) is 5.91 Å². The summed E-state index contributed by atoms with van der Waals surface area (Å²) in [7, 11) is 0. The van der Waals surface area contributed by atoms with Crippen LogP contribution >= 0.6 is 11.6 Å². The topological polar surface area (TPSA) is 95.8 Å². The van der Waals surface area contributed by atoms with Gasteiger partial charge in [-0.1, -0.05) is 23.7 Å². The Balaban J connectivity index is 1.58. The molecule has 1 aliphatic rings. The number of nitrogens with one attached hydrogen (secondary N) is 1. The Morgan fingerprint density at radius 3 is 2.50 bits per heavy atom. The standard InChI is InChI=1S/C20H20ClFN4O4/c1-13-16(22)10-14(11-18(13)26(29)30)20(28)25-8-6-24(7-9-25)12-19(27)23-17-5-3-2-4-15(17)21/h2-5,10-11H,6-9,12H2,1H3,(H,23,27). The molecule has 2 aromatic rings. The van der Waals surface area contributed by atoms with Crippen LogP contribution in [0.2, 0.25) is 5.02 Å². The van der Waals surface area contributed by atoms with E-state index < -0.39 is 22.3 Å². The zero-order valence-corrected chi connectivity index (χ0v) is 17.0. The quantitative estimate of drug-likeness (QED) is 0.576. The fourth-order valence-electron chi connectivity index (χ4n) is 3.22. The predicted octanol–water partition coefficient (Wildman–Crippen LogP) is 3.09. The second-order valence-corrected chi connectivity index (χ2v) is 7.36. The molecule has 0 spiro atoms. The smallest absolute Gasteiger partial charge is 0.276 e. The third-order valence-electron chi connectivity index (χ3n) is 4.94. The van der Waals surface area contributed by atoms with Crippen molar-refractivity contribution in [2.24, 2.45) is 0 Å². The van der Waals surface area contributed by atoms with Gasteiger partial charge in [-0.25, -0.2) is 4.39 Å². The number of hydrogen-bond acceptors (Lipinski definition) is 5. The van der Waals surface area contributed by atoms with E-state index in [-0.39, 0.29) is 23.6 Å². The molecule has 0 radical (unpaired) electrons. The normalized spacial score (nSPS) is 14.4. The van der Waals surface area contributed by atoms with Crippen LogP contribution in [-0.4, -0.2) is 59.3 Å². The second-order valence-electron chi connectivity index (χ2n) is 6.96. The maximum atomic E-state index is 14.0. The lowest BCUT2D eigenvalue weighted by atomic mass is 10.1. The second kappa shape index (κ2) is 9.19. The van der Waals surface area contributed by atoms with Gasteiger partial charge in [-0.15, -0.1) is 0 Å². The van der Waals surface area contributed by atoms with E-state index in [2.05, 4.69) is 5.32 Å². The first-order valence-electron chi connectivity index (χ1n) is 9.27. The van der Waals surface area contributed by atoms with E-state index in [4.69, 9.17) is 11.6 Å². The number of carbonyl (C=O) groups is 2. The van der Waals surface area contributed by atoms with Crippen molar-refractivity contribution in [2.45, 2.75) is 6.92 Å². The Hall–Kier alpha value is -3.04. The number of nitro groups is 1. The van der Waals surface area contributed by atoms with Crippen molar-refractivity contribution in [3.63, 3.8) is 0 Å². The molecule has 1 saturated heterocycles. The van der Waals surface area contributed by atoms with Crippen LogP contribution in [0, 0.1) is 22.9 Å². The summed E-state index contributed by atoms with van der Waals surface area (Å²) in [6.45, 7) is 2.96. The lowest BCUT2D eigenvalue weighted by Crippen LogP contribution is -2.50. The molecule has 158 valence electrons. The number of nitrogens with zero attached hydrogens (tertiary/aromatic N) is 3. The Morgan fingerprint density at radius 2 is 1.87 bits per heavy atom. The molecule has 1 N–H and O–H groups in total. The van der Waals surface area contributed by atoms with Gasteiger partial charge in [0.25, 0.3) is 11.6 Å². The largest absolute Gasteiger partial charge is 0.336 e. The minimum Gasteiger partial charge on any atom is -0.336 e. The molecule has 0 atom stereocenters. The number of anilines is 1. The Bertz CT molecular complexity index is 993. The van der Waals surface area contributed by atoms with Crippen LogP contribution in [0.5, 0.6) is 0 Å². The van der Waals surface area contributed by atoms with Crippen molar-refractivity contribution in [3.05, 3.63) is 68.5 Å². The van der Waals surface area contributed by atoms with Crippen LogP contribution in [0.25, 0.3) is 0 Å². The zero-order valence-electron chi connectivity index (χ0n) is 16.2. The highest BCUT2D eigenvalue weighted by Gasteiger charge is 2.26. The summed E-state index contributed by atoms with van der Waals surface area (Å²) in [4.78, 5) is 38.7. The van der Waals surface area contributed by atoms with Crippen molar-refractivity contribution in [1.29, 1.82) is 0 Å². The molecule has 8 nitrogen and oxygen atoms in total. The van der Waals surface area contributed by atoms with Crippen molar-refractivity contribution < 1.29 is 18.9 Å². The van der Waals surface area contributed by atoms with E-state index >= 15 is 0 Å². The molecule has 0 aromatic heterocycles. The number of para-hydroxylation sites is 1. The third kappa shape index (κ3) is 4.92. The average Bonchev–Trinajstić information content (AvgIpc) is 2.71. The number of benzene rings is 2. The first kappa shape index (κ1) is 21.7. The van der Waals surface area contributed by atoms with Crippen LogP contribution in [0.15, 0.2) is 36.4 Å². The molecule has 0 aliphatic carbocycles. The number of hydrogen-bond donors (Lipinski definition) is 1. The Labute approximate surface area is 177 Å². The lowest BCUT2D eigenvalue weighted by molar-refractivity contribution is -0.385. The first-order chi connectivity index (χ1) is 14.3. The molecule has 10 heteroatoms. The number of piperazine rings is 1. The molecule has 1 fully saturated rings. The van der Waals surface area contributed by atoms with E-state index in [1.54, 1.807) is 24.3 Å². The summed E-state index contributed by atoms with van der Waals surface area (Å²) in [5, 5.41) is 14.3. The molecule has 1 aliphatic heterocycles. The van der Waals surface area contributed by atoms with Crippen LogP contribution in [0.3, 0.4) is 0 Å². The van der Waals surface area contributed by atoms with Gasteiger partial charge in [-0.3, -0.25) is 24.6 Å². The van der Waals surface area contributed by atoms with Crippen molar-refractivity contribution >= 4 is 34.8 Å². The fourth-order valence-corrected chi connectivity index (χ4v) is 3.41. The third-order valence-corrected chi connectivity index (χ3v) is 5.26. The molecular formula is C20H20ClFN4O4. The minimum absolute atomic E-state index is 0.0605. The van der Waals surface area contributed by atoms with Crippen LogP contribution in [-0.2, 0) is 4.79 Å². The molecule has 30 heavy (non-hydrogen) atoms. The first-order valence-corrected chi connectivity index (χ1v) is 9.64. The van der Waals surface area contributed by atoms with Crippen LogP contribution < -0.4 is 5.32 Å². The van der Waals surface area contributed by atoms with Gasteiger partial charge in [0.15, 0.2) is 0 Å². The molecular weight excluding hydrogens is 415 g/mol. The molecule has 2 amide bonds. The van der Waals surface area contributed by atoms with Crippen molar-refractivity contribution in [2.75, 3.05) is 38.0 Å². The van der Waals surface area contributed by atoms with Gasteiger partial charge in [-0.05, 0) is 25.1 Å². The summed E-state index contributed by atoms with van der Waals surface area (Å²) in [6.07, 6.45) is 0. The van der Waals surface area contributed by atoms with E-state index in [0.29, 0.717) is 36.9 Å². The van der Waals surface area contributed by atoms with Crippen molar-refractivity contribution in [1.82, 2.24) is 9.80 Å². The fraction of sp³-hybridized carbons (Fsp3) is 0.300. The summed E-state index contributed by atoms with van der Waals surface area (Å²) >= 11 is 6.03. The van der Waals surface area contributed by atoms with Gasteiger partial charge < -0.3 is 10.2 Å². The Kier molecular flexibility index (Phi) is 6.63. The van der Waals surface area contributed by atoms with E-state index in [9.17, 15) is 24.1 Å². The predicted molar refractivity (Wildman–Crippen MR) is 110 cm³/mol. The number of amides is 2. The van der Waals surface area contributed by atoms with E-state index in [1.165, 1.54) is 11.8 Å². The maximum absolute atomic E-state index is 14.0. The SMILES string of the molecule is Cc1c(F)cc(C(=O)N2CCN(CC(=O)Nc3ccccc3Cl)CC2)cc1[N+](=O)[O-]. The van der Waals surface area contributed by atoms with E-state index in [0.717, 1.165) is 12.1 Å². The summed E-state index contributed by atoms with van der Waals surface area (Å²) < 4.78 is 14.0. The molecule has 1 heterocycles. The lowest BCUT2D eigenvalue weighted by Gasteiger charge is -2.34. The molecule has 0 saturated carbocycles. The highest BCUT2D eigenvalue weighted by Crippen LogP contribution is 2.24. The van der Waals surface area contributed by atoms with Crippen LogP contribution in [0.1, 0.15) is 15.9 Å². The van der Waals surface area contributed by atoms with E-state index in [1.807, 2.05) is 4.90 Å². The van der Waals surface area contributed by atoms with Gasteiger partial charge in [0.1, 0.15) is 5.82 Å². The molecule has 2 aromatic carbocycles. The van der Waals surface area contributed by atoms with Gasteiger partial charge in [-0.2, -0.15) is 0 Å². The molecule has 0 bridgehead atoms. The highest BCUT2D eigenvalue weighted by molar-refractivity contribution is 6.33. The average molecular weight is 435 g/mol. The number of carbonyl (C=O) groups excluding carboxylic acids is 2. The molecule has 3 rings (SSSR count). The van der Waals surface area contributed by atoms with Gasteiger partial charge in [0, 0.05) is 37.8 Å². The summed E-state index contributed by atoms with van der Waals surface area (Å²) in [5.41, 5.74) is -0.0604. The molecule has 0 unspecified atom stereocenters. The van der Waals surface area contributed by atoms with Gasteiger partial charge >= 0.3 is 0 Å². The van der Waals surface area contributed by atoms with Crippen LogP contribution in [0.4, 0.5) is 15.8 Å². The summed E-state index contributed by atoms with van der Waals surface area (Å²) in [5.74, 6) is -1.49. The highest BCUT2D eigenvalue weighted by atomic mass is 35.5. The summed E-state index contributed by atoms with van der Waals surface area (Å²) in [6, 6.07) is 9.04. The number of nitro benzene ring substituents is 1. The van der Waals surface area contributed by atoms with Gasteiger partial charge in [0.05, 0.1) is 27.7 Å². The number of halogens is 2. The minimum atomic E-state index is -0.789. The monoisotopic (exact) mass is 434 g/mol. The number of rotatable bonds is 5. The maximum Gasteiger partial charge on any atom is 0.276 e. The Morgan fingerprint density at radius 1 is 1.20 bits per heavy atom. The van der Waals surface area contributed by atoms with Crippen molar-refractivity contribution in [3.8, 4) is 0 Å². The zero-order chi connectivity index (χ0) is 21.8.